The van der Waals surface area contributed by atoms with Gasteiger partial charge in [-0.05, 0) is 25.7 Å². The van der Waals surface area contributed by atoms with Gasteiger partial charge in [0.15, 0.2) is 0 Å². The lowest BCUT2D eigenvalue weighted by Crippen LogP contribution is -2.31. The Bertz CT molecular complexity index is 379. The van der Waals surface area contributed by atoms with E-state index in [1.165, 1.54) is 51.4 Å². The first-order valence-corrected chi connectivity index (χ1v) is 12.1. The van der Waals surface area contributed by atoms with Crippen molar-refractivity contribution in [1.82, 2.24) is 0 Å². The van der Waals surface area contributed by atoms with Crippen LogP contribution in [-0.4, -0.2) is 45.6 Å². The third kappa shape index (κ3) is 18.9. The SMILES string of the molecule is CCCCCCCCC(CCCCCCCC)(CCCC(=O)O)C(=O)O.OCCO. The van der Waals surface area contributed by atoms with Gasteiger partial charge >= 0.3 is 11.9 Å². The van der Waals surface area contributed by atoms with Crippen molar-refractivity contribution >= 4 is 11.9 Å². The van der Waals surface area contributed by atoms with Gasteiger partial charge in [0, 0.05) is 6.42 Å². The van der Waals surface area contributed by atoms with Crippen LogP contribution in [0.3, 0.4) is 0 Å². The van der Waals surface area contributed by atoms with Crippen molar-refractivity contribution in [3.05, 3.63) is 0 Å². The average Bonchev–Trinajstić information content (AvgIpc) is 2.72. The second-order valence-corrected chi connectivity index (χ2v) is 8.32. The van der Waals surface area contributed by atoms with Gasteiger partial charge in [-0.3, -0.25) is 9.59 Å². The highest BCUT2D eigenvalue weighted by atomic mass is 16.4. The maximum absolute atomic E-state index is 12.1. The zero-order valence-electron chi connectivity index (χ0n) is 19.5. The highest BCUT2D eigenvalue weighted by Crippen LogP contribution is 2.37. The van der Waals surface area contributed by atoms with E-state index in [0.29, 0.717) is 25.7 Å². The molecule has 0 saturated heterocycles. The van der Waals surface area contributed by atoms with Crippen molar-refractivity contribution < 1.29 is 30.0 Å². The summed E-state index contributed by atoms with van der Waals surface area (Å²) in [6.07, 6.45) is 16.2. The Morgan fingerprint density at radius 2 is 0.967 bits per heavy atom. The van der Waals surface area contributed by atoms with Gasteiger partial charge in [0.05, 0.1) is 18.6 Å². The summed E-state index contributed by atoms with van der Waals surface area (Å²) in [4.78, 5) is 22.9. The lowest BCUT2D eigenvalue weighted by molar-refractivity contribution is -0.151. The first-order chi connectivity index (χ1) is 14.4. The summed E-state index contributed by atoms with van der Waals surface area (Å²) in [7, 11) is 0. The van der Waals surface area contributed by atoms with E-state index in [9.17, 15) is 14.7 Å². The first kappa shape index (κ1) is 31.0. The molecule has 0 aromatic carbocycles. The van der Waals surface area contributed by atoms with Crippen LogP contribution in [0.4, 0.5) is 0 Å². The molecular weight excluding hydrogens is 384 g/mol. The molecule has 6 heteroatoms. The van der Waals surface area contributed by atoms with Crippen molar-refractivity contribution in [2.45, 2.75) is 123 Å². The monoisotopic (exact) mass is 432 g/mol. The number of unbranched alkanes of at least 4 members (excludes halogenated alkanes) is 10. The fraction of sp³-hybridized carbons (Fsp3) is 0.917. The summed E-state index contributed by atoms with van der Waals surface area (Å²) in [5.41, 5.74) is -0.717. The van der Waals surface area contributed by atoms with Gasteiger partial charge in [-0.1, -0.05) is 90.9 Å². The van der Waals surface area contributed by atoms with Gasteiger partial charge in [0.2, 0.25) is 0 Å². The van der Waals surface area contributed by atoms with E-state index >= 15 is 0 Å². The Kier molecular flexibility index (Phi) is 23.3. The van der Waals surface area contributed by atoms with Crippen LogP contribution in [0.15, 0.2) is 0 Å². The zero-order valence-corrected chi connectivity index (χ0v) is 19.5. The second-order valence-electron chi connectivity index (χ2n) is 8.32. The topological polar surface area (TPSA) is 115 Å². The third-order valence-electron chi connectivity index (χ3n) is 5.62. The van der Waals surface area contributed by atoms with Gasteiger partial charge < -0.3 is 20.4 Å². The molecule has 180 valence electrons. The van der Waals surface area contributed by atoms with E-state index < -0.39 is 17.4 Å². The summed E-state index contributed by atoms with van der Waals surface area (Å²) in [6.45, 7) is 4.14. The molecule has 0 aliphatic carbocycles. The quantitative estimate of drug-likeness (QED) is 0.181. The van der Waals surface area contributed by atoms with E-state index in [1.807, 2.05) is 0 Å². The van der Waals surface area contributed by atoms with E-state index in [4.69, 9.17) is 15.3 Å². The summed E-state index contributed by atoms with van der Waals surface area (Å²) in [5.74, 6) is -1.55. The molecule has 0 saturated carbocycles. The van der Waals surface area contributed by atoms with Crippen LogP contribution in [0.5, 0.6) is 0 Å². The standard InChI is InChI=1S/C22H42O4.C2H6O2/c1-3-5-7-9-11-13-17-22(21(25)26,19-15-16-20(23)24)18-14-12-10-8-6-4-2;3-1-2-4/h3-19H2,1-2H3,(H,23,24)(H,25,26);3-4H,1-2H2. The van der Waals surface area contributed by atoms with Crippen molar-refractivity contribution in [3.8, 4) is 0 Å². The summed E-state index contributed by atoms with van der Waals surface area (Å²) < 4.78 is 0. The highest BCUT2D eigenvalue weighted by molar-refractivity contribution is 5.74. The van der Waals surface area contributed by atoms with Crippen molar-refractivity contribution in [2.75, 3.05) is 13.2 Å². The van der Waals surface area contributed by atoms with Crippen LogP contribution in [0.25, 0.3) is 0 Å². The molecule has 0 aromatic heterocycles. The maximum Gasteiger partial charge on any atom is 0.309 e. The van der Waals surface area contributed by atoms with Crippen LogP contribution in [0.1, 0.15) is 123 Å². The van der Waals surface area contributed by atoms with Gasteiger partial charge in [-0.15, -0.1) is 0 Å². The first-order valence-electron chi connectivity index (χ1n) is 12.1. The van der Waals surface area contributed by atoms with Crippen molar-refractivity contribution in [3.63, 3.8) is 0 Å². The largest absolute Gasteiger partial charge is 0.481 e. The molecule has 0 atom stereocenters. The Hall–Kier alpha value is -1.14. The lowest BCUT2D eigenvalue weighted by Gasteiger charge is -2.30. The van der Waals surface area contributed by atoms with E-state index in [1.54, 1.807) is 0 Å². The number of aliphatic hydroxyl groups is 2. The van der Waals surface area contributed by atoms with E-state index in [-0.39, 0.29) is 19.6 Å². The molecule has 0 fully saturated rings. The maximum atomic E-state index is 12.1. The number of hydrogen-bond donors (Lipinski definition) is 4. The molecule has 0 spiro atoms. The molecule has 0 bridgehead atoms. The van der Waals surface area contributed by atoms with Crippen LogP contribution in [0, 0.1) is 5.41 Å². The number of rotatable bonds is 20. The average molecular weight is 433 g/mol. The molecule has 4 N–H and O–H groups in total. The van der Waals surface area contributed by atoms with Crippen LogP contribution in [0.2, 0.25) is 0 Å². The van der Waals surface area contributed by atoms with Gasteiger partial charge in [-0.2, -0.15) is 0 Å². The Labute approximate surface area is 184 Å². The minimum Gasteiger partial charge on any atom is -0.481 e. The van der Waals surface area contributed by atoms with Crippen LogP contribution in [-0.2, 0) is 9.59 Å². The Morgan fingerprint density at radius 1 is 0.600 bits per heavy atom. The number of carboxylic acid groups (broad SMARTS) is 2. The normalized spacial score (nSPS) is 11.1. The van der Waals surface area contributed by atoms with Crippen molar-refractivity contribution in [1.29, 1.82) is 0 Å². The minimum atomic E-state index is -0.830. The molecule has 0 heterocycles. The number of aliphatic hydroxyl groups excluding tert-OH is 2. The van der Waals surface area contributed by atoms with Crippen LogP contribution >= 0.6 is 0 Å². The predicted octanol–water partition coefficient (Wildman–Crippen LogP) is 5.78. The van der Waals surface area contributed by atoms with Gasteiger partial charge in [-0.25, -0.2) is 0 Å². The van der Waals surface area contributed by atoms with Crippen LogP contribution < -0.4 is 0 Å². The number of hydrogen-bond acceptors (Lipinski definition) is 4. The zero-order chi connectivity index (χ0) is 23.1. The second kappa shape index (κ2) is 22.5. The fourth-order valence-corrected chi connectivity index (χ4v) is 3.76. The van der Waals surface area contributed by atoms with Crippen molar-refractivity contribution in [2.24, 2.45) is 5.41 Å². The van der Waals surface area contributed by atoms with Gasteiger partial charge in [0.25, 0.3) is 0 Å². The summed E-state index contributed by atoms with van der Waals surface area (Å²) in [5, 5.41) is 34.1. The molecule has 0 amide bonds. The van der Waals surface area contributed by atoms with Gasteiger partial charge in [0.1, 0.15) is 0 Å². The molecule has 0 radical (unpaired) electrons. The predicted molar refractivity (Wildman–Crippen MR) is 122 cm³/mol. The third-order valence-corrected chi connectivity index (χ3v) is 5.62. The molecule has 0 unspecified atom stereocenters. The molecular formula is C24H48O6. The number of aliphatic carboxylic acids is 2. The molecule has 0 aliphatic rings. The molecule has 0 rings (SSSR count). The lowest BCUT2D eigenvalue weighted by atomic mass is 9.74. The molecule has 0 aromatic rings. The molecule has 0 aliphatic heterocycles. The van der Waals surface area contributed by atoms with E-state index in [2.05, 4.69) is 13.8 Å². The number of carbonyl (C=O) groups is 2. The number of carboxylic acids is 2. The van der Waals surface area contributed by atoms with E-state index in [0.717, 1.165) is 25.7 Å². The smallest absolute Gasteiger partial charge is 0.309 e. The molecule has 6 nitrogen and oxygen atoms in total. The Morgan fingerprint density at radius 3 is 1.30 bits per heavy atom. The minimum absolute atomic E-state index is 0.0715. The summed E-state index contributed by atoms with van der Waals surface area (Å²) in [6, 6.07) is 0. The highest BCUT2D eigenvalue weighted by Gasteiger charge is 2.36. The molecule has 30 heavy (non-hydrogen) atoms. The Balaban J connectivity index is 0. The fourth-order valence-electron chi connectivity index (χ4n) is 3.76. The summed E-state index contributed by atoms with van der Waals surface area (Å²) >= 11 is 0.